The van der Waals surface area contributed by atoms with Crippen molar-refractivity contribution in [3.63, 3.8) is 0 Å². The van der Waals surface area contributed by atoms with Crippen LogP contribution in [-0.2, 0) is 0 Å². The summed E-state index contributed by atoms with van der Waals surface area (Å²) in [4.78, 5) is 9.47. The van der Waals surface area contributed by atoms with E-state index < -0.39 is 10.7 Å². The molecule has 0 aliphatic rings. The van der Waals surface area contributed by atoms with E-state index in [4.69, 9.17) is 5.21 Å². The van der Waals surface area contributed by atoms with Gasteiger partial charge >= 0.3 is 0 Å². The van der Waals surface area contributed by atoms with Gasteiger partial charge in [-0.2, -0.15) is 0 Å². The van der Waals surface area contributed by atoms with E-state index in [0.717, 1.165) is 24.4 Å². The molecule has 5 nitrogen and oxygen atoms in total. The molecule has 0 aromatic heterocycles. The maximum absolute atomic E-state index is 12.9. The maximum Gasteiger partial charge on any atom is 0.272 e. The first-order valence-electron chi connectivity index (χ1n) is 3.26. The lowest BCUT2D eigenvalue weighted by atomic mass is 10.2. The third-order valence-electron chi connectivity index (χ3n) is 1.39. The molecule has 0 spiro atoms. The highest BCUT2D eigenvalue weighted by molar-refractivity contribution is 5.79. The fraction of sp³-hybridized carbons (Fsp3) is 0. The Hall–Kier alpha value is -1.98. The largest absolute Gasteiger partial charge is 0.411 e. The van der Waals surface area contributed by atoms with Crippen molar-refractivity contribution >= 4 is 11.9 Å². The van der Waals surface area contributed by atoms with E-state index in [1.165, 1.54) is 0 Å². The second kappa shape index (κ2) is 3.61. The molecule has 13 heavy (non-hydrogen) atoms. The molecule has 68 valence electrons. The van der Waals surface area contributed by atoms with Gasteiger partial charge in [-0.25, -0.2) is 4.39 Å². The van der Waals surface area contributed by atoms with Gasteiger partial charge in [-0.3, -0.25) is 10.1 Å². The number of benzene rings is 1. The summed E-state index contributed by atoms with van der Waals surface area (Å²) in [6, 6.07) is 3.05. The van der Waals surface area contributed by atoms with Crippen molar-refractivity contribution in [2.24, 2.45) is 5.16 Å². The van der Waals surface area contributed by atoms with E-state index in [2.05, 4.69) is 5.16 Å². The third-order valence-corrected chi connectivity index (χ3v) is 1.39. The molecule has 1 aromatic carbocycles. The van der Waals surface area contributed by atoms with E-state index in [-0.39, 0.29) is 11.3 Å². The molecule has 1 rings (SSSR count). The first kappa shape index (κ1) is 9.11. The number of nitro groups is 1. The standard InChI is InChI=1S/C7H5FN2O3/c8-7-3-6(10(12)13)2-1-5(7)4-9-11/h1-4,11H/b9-4+. The lowest BCUT2D eigenvalue weighted by Gasteiger charge is -1.94. The minimum atomic E-state index is -0.799. The zero-order chi connectivity index (χ0) is 9.84. The van der Waals surface area contributed by atoms with Crippen molar-refractivity contribution in [3.8, 4) is 0 Å². The number of oxime groups is 1. The summed E-state index contributed by atoms with van der Waals surface area (Å²) >= 11 is 0. The van der Waals surface area contributed by atoms with Crippen LogP contribution in [0.2, 0.25) is 0 Å². The molecule has 1 aromatic rings. The Balaban J connectivity index is 3.12. The SMILES string of the molecule is O=[N+]([O-])c1ccc(/C=N/O)c(F)c1. The van der Waals surface area contributed by atoms with Crippen LogP contribution in [0.15, 0.2) is 23.4 Å². The lowest BCUT2D eigenvalue weighted by Crippen LogP contribution is -1.92. The summed E-state index contributed by atoms with van der Waals surface area (Å²) in [5.41, 5.74) is -0.347. The Kier molecular flexibility index (Phi) is 2.53. The van der Waals surface area contributed by atoms with E-state index in [1.807, 2.05) is 0 Å². The van der Waals surface area contributed by atoms with Gasteiger partial charge in [0.15, 0.2) is 0 Å². The number of nitrogens with zero attached hydrogens (tertiary/aromatic N) is 2. The molecule has 6 heteroatoms. The summed E-state index contributed by atoms with van der Waals surface area (Å²) < 4.78 is 12.9. The van der Waals surface area contributed by atoms with Gasteiger partial charge in [0.05, 0.1) is 17.2 Å². The van der Waals surface area contributed by atoms with Crippen molar-refractivity contribution in [1.82, 2.24) is 0 Å². The molecule has 0 saturated carbocycles. The van der Waals surface area contributed by atoms with Crippen molar-refractivity contribution in [2.45, 2.75) is 0 Å². The van der Waals surface area contributed by atoms with Gasteiger partial charge in [0, 0.05) is 11.6 Å². The van der Waals surface area contributed by atoms with Crippen LogP contribution < -0.4 is 0 Å². The third kappa shape index (κ3) is 1.98. The van der Waals surface area contributed by atoms with Gasteiger partial charge in [0.25, 0.3) is 5.69 Å². The molecular weight excluding hydrogens is 179 g/mol. The lowest BCUT2D eigenvalue weighted by molar-refractivity contribution is -0.385. The summed E-state index contributed by atoms with van der Waals surface area (Å²) in [5.74, 6) is -0.799. The number of nitro benzene ring substituents is 1. The van der Waals surface area contributed by atoms with Gasteiger partial charge in [-0.1, -0.05) is 5.16 Å². The van der Waals surface area contributed by atoms with E-state index >= 15 is 0 Å². The molecule has 0 unspecified atom stereocenters. The highest BCUT2D eigenvalue weighted by Crippen LogP contribution is 2.14. The van der Waals surface area contributed by atoms with Crippen molar-refractivity contribution in [1.29, 1.82) is 0 Å². The first-order valence-corrected chi connectivity index (χ1v) is 3.26. The van der Waals surface area contributed by atoms with Gasteiger partial charge in [-0.05, 0) is 6.07 Å². The number of halogens is 1. The molecule has 0 radical (unpaired) electrons. The van der Waals surface area contributed by atoms with Crippen molar-refractivity contribution < 1.29 is 14.5 Å². The fourth-order valence-corrected chi connectivity index (χ4v) is 0.797. The monoisotopic (exact) mass is 184 g/mol. The number of non-ortho nitro benzene ring substituents is 1. The fourth-order valence-electron chi connectivity index (χ4n) is 0.797. The highest BCUT2D eigenvalue weighted by atomic mass is 19.1. The topological polar surface area (TPSA) is 75.7 Å². The van der Waals surface area contributed by atoms with E-state index in [0.29, 0.717) is 0 Å². The molecule has 0 fully saturated rings. The molecule has 0 atom stereocenters. The van der Waals surface area contributed by atoms with Gasteiger partial charge in [0.1, 0.15) is 5.82 Å². The number of hydrogen-bond acceptors (Lipinski definition) is 4. The second-order valence-electron chi connectivity index (χ2n) is 2.21. The average molecular weight is 184 g/mol. The summed E-state index contributed by atoms with van der Waals surface area (Å²) in [6.45, 7) is 0. The molecule has 0 saturated heterocycles. The predicted octanol–water partition coefficient (Wildman–Crippen LogP) is 1.54. The maximum atomic E-state index is 12.9. The second-order valence-corrected chi connectivity index (χ2v) is 2.21. The van der Waals surface area contributed by atoms with Crippen LogP contribution in [0.5, 0.6) is 0 Å². The molecule has 0 aliphatic carbocycles. The summed E-state index contributed by atoms with van der Waals surface area (Å²) in [7, 11) is 0. The zero-order valence-electron chi connectivity index (χ0n) is 6.35. The smallest absolute Gasteiger partial charge is 0.272 e. The van der Waals surface area contributed by atoms with Crippen LogP contribution in [0.25, 0.3) is 0 Å². The van der Waals surface area contributed by atoms with Crippen LogP contribution in [0.3, 0.4) is 0 Å². The predicted molar refractivity (Wildman–Crippen MR) is 42.4 cm³/mol. The quantitative estimate of drug-likeness (QED) is 0.328. The molecule has 0 aliphatic heterocycles. The van der Waals surface area contributed by atoms with Gasteiger partial charge in [0.2, 0.25) is 0 Å². The van der Waals surface area contributed by atoms with Crippen LogP contribution in [0.1, 0.15) is 5.56 Å². The Morgan fingerprint density at radius 3 is 2.77 bits per heavy atom. The van der Waals surface area contributed by atoms with Crippen LogP contribution in [0, 0.1) is 15.9 Å². The van der Waals surface area contributed by atoms with Crippen LogP contribution >= 0.6 is 0 Å². The first-order chi connectivity index (χ1) is 6.15. The Labute approximate surface area is 72.3 Å². The molecule has 0 bridgehead atoms. The van der Waals surface area contributed by atoms with Crippen molar-refractivity contribution in [3.05, 3.63) is 39.7 Å². The molecular formula is C7H5FN2O3. The van der Waals surface area contributed by atoms with Crippen LogP contribution in [0.4, 0.5) is 10.1 Å². The van der Waals surface area contributed by atoms with E-state index in [1.54, 1.807) is 0 Å². The van der Waals surface area contributed by atoms with E-state index in [9.17, 15) is 14.5 Å². The minimum absolute atomic E-state index is 0.00639. The minimum Gasteiger partial charge on any atom is -0.411 e. The highest BCUT2D eigenvalue weighted by Gasteiger charge is 2.08. The zero-order valence-corrected chi connectivity index (χ0v) is 6.35. The Morgan fingerprint density at radius 1 is 1.62 bits per heavy atom. The summed E-state index contributed by atoms with van der Waals surface area (Å²) in [6.07, 6.45) is 0.860. The Bertz CT molecular complexity index is 365. The van der Waals surface area contributed by atoms with Crippen molar-refractivity contribution in [2.75, 3.05) is 0 Å². The summed E-state index contributed by atoms with van der Waals surface area (Å²) in [5, 5.41) is 20.9. The number of rotatable bonds is 2. The van der Waals surface area contributed by atoms with Gasteiger partial charge < -0.3 is 5.21 Å². The normalized spacial score (nSPS) is 10.5. The Morgan fingerprint density at radius 2 is 2.31 bits per heavy atom. The van der Waals surface area contributed by atoms with Crippen LogP contribution in [-0.4, -0.2) is 16.3 Å². The average Bonchev–Trinajstić information content (AvgIpc) is 2.08. The van der Waals surface area contributed by atoms with Gasteiger partial charge in [-0.15, -0.1) is 0 Å². The molecule has 0 amide bonds. The molecule has 0 heterocycles. The molecule has 1 N–H and O–H groups in total. The number of hydrogen-bond donors (Lipinski definition) is 1.